The predicted octanol–water partition coefficient (Wildman–Crippen LogP) is 1.73. The zero-order valence-electron chi connectivity index (χ0n) is 5.70. The molecule has 0 amide bonds. The smallest absolute Gasteiger partial charge is 0.199 e. The van der Waals surface area contributed by atoms with Crippen LogP contribution in [0.1, 0.15) is 0 Å². The monoisotopic (exact) mass is 200 g/mol. The molecule has 0 unspecified atom stereocenters. The average Bonchev–Trinajstić information content (AvgIpc) is 2.07. The molecule has 0 atom stereocenters. The quantitative estimate of drug-likeness (QED) is 0.651. The third-order valence-corrected chi connectivity index (χ3v) is 1.86. The molecule has 6 heteroatoms. The Bertz CT molecular complexity index is 390. The van der Waals surface area contributed by atoms with Crippen molar-refractivity contribution < 1.29 is 0 Å². The third kappa shape index (κ3) is 1.19. The van der Waals surface area contributed by atoms with E-state index in [4.69, 9.17) is 23.2 Å². The maximum absolute atomic E-state index is 5.61. The SMILES string of the molecule is Clc1nc2nccnc2nc1Cl. The maximum Gasteiger partial charge on any atom is 0.199 e. The zero-order valence-corrected chi connectivity index (χ0v) is 7.21. The van der Waals surface area contributed by atoms with E-state index < -0.39 is 0 Å². The van der Waals surface area contributed by atoms with Crippen molar-refractivity contribution in [3.05, 3.63) is 22.7 Å². The molecule has 2 heterocycles. The molecular weight excluding hydrogens is 199 g/mol. The second kappa shape index (κ2) is 2.80. The van der Waals surface area contributed by atoms with Crippen LogP contribution in [0.5, 0.6) is 0 Å². The number of hydrogen-bond donors (Lipinski definition) is 0. The summed E-state index contributed by atoms with van der Waals surface area (Å²) in [6.45, 7) is 0. The van der Waals surface area contributed by atoms with E-state index in [1.807, 2.05) is 0 Å². The molecule has 0 aliphatic rings. The topological polar surface area (TPSA) is 51.6 Å². The van der Waals surface area contributed by atoms with Gasteiger partial charge in [-0.25, -0.2) is 19.9 Å². The molecule has 0 saturated heterocycles. The minimum atomic E-state index is 0.143. The summed E-state index contributed by atoms with van der Waals surface area (Å²) in [5.41, 5.74) is 0.791. The molecular formula is C6H2Cl2N4. The van der Waals surface area contributed by atoms with E-state index in [0.29, 0.717) is 11.3 Å². The summed E-state index contributed by atoms with van der Waals surface area (Å²) in [6, 6.07) is 0. The Kier molecular flexibility index (Phi) is 1.78. The highest BCUT2D eigenvalue weighted by Gasteiger charge is 2.04. The molecule has 0 radical (unpaired) electrons. The summed E-state index contributed by atoms with van der Waals surface area (Å²) in [5.74, 6) is 0. The molecule has 0 spiro atoms. The fourth-order valence-electron chi connectivity index (χ4n) is 0.759. The van der Waals surface area contributed by atoms with Crippen LogP contribution in [-0.2, 0) is 0 Å². The summed E-state index contributed by atoms with van der Waals surface area (Å²) >= 11 is 11.2. The van der Waals surface area contributed by atoms with Crippen molar-refractivity contribution in [3.8, 4) is 0 Å². The number of fused-ring (bicyclic) bond motifs is 1. The highest BCUT2D eigenvalue weighted by Crippen LogP contribution is 2.17. The first-order valence-corrected chi connectivity index (χ1v) is 3.83. The normalized spacial score (nSPS) is 10.5. The minimum absolute atomic E-state index is 0.143. The van der Waals surface area contributed by atoms with Crippen LogP contribution in [0.4, 0.5) is 0 Å². The van der Waals surface area contributed by atoms with E-state index in [0.717, 1.165) is 0 Å². The maximum atomic E-state index is 5.61. The van der Waals surface area contributed by atoms with Crippen LogP contribution in [0.15, 0.2) is 12.4 Å². The fourth-order valence-corrected chi connectivity index (χ4v) is 1.00. The van der Waals surface area contributed by atoms with Gasteiger partial charge in [0.15, 0.2) is 21.6 Å². The third-order valence-electron chi connectivity index (χ3n) is 1.24. The van der Waals surface area contributed by atoms with Crippen LogP contribution in [0.2, 0.25) is 10.3 Å². The van der Waals surface area contributed by atoms with Gasteiger partial charge in [0.1, 0.15) is 0 Å². The minimum Gasteiger partial charge on any atom is -0.232 e. The Hall–Kier alpha value is -1.00. The van der Waals surface area contributed by atoms with Gasteiger partial charge in [-0.15, -0.1) is 0 Å². The van der Waals surface area contributed by atoms with E-state index in [2.05, 4.69) is 19.9 Å². The first kappa shape index (κ1) is 7.64. The van der Waals surface area contributed by atoms with Gasteiger partial charge in [-0.3, -0.25) is 0 Å². The van der Waals surface area contributed by atoms with Crippen molar-refractivity contribution in [1.29, 1.82) is 0 Å². The van der Waals surface area contributed by atoms with Gasteiger partial charge >= 0.3 is 0 Å². The van der Waals surface area contributed by atoms with Gasteiger partial charge in [0.05, 0.1) is 0 Å². The number of aromatic nitrogens is 4. The standard InChI is InChI=1S/C6H2Cl2N4/c7-3-4(8)12-6-5(11-3)9-1-2-10-6/h1-2H. The lowest BCUT2D eigenvalue weighted by molar-refractivity contribution is 1.16. The summed E-state index contributed by atoms with van der Waals surface area (Å²) in [5, 5.41) is 0.286. The average molecular weight is 201 g/mol. The highest BCUT2D eigenvalue weighted by molar-refractivity contribution is 6.40. The fraction of sp³-hybridized carbons (Fsp3) is 0. The molecule has 0 bridgehead atoms. The first-order valence-electron chi connectivity index (χ1n) is 3.07. The molecule has 2 aromatic heterocycles. The van der Waals surface area contributed by atoms with Gasteiger partial charge in [0.25, 0.3) is 0 Å². The Balaban J connectivity index is 2.84. The molecule has 2 aromatic rings. The lowest BCUT2D eigenvalue weighted by Crippen LogP contribution is -1.91. The van der Waals surface area contributed by atoms with Crippen molar-refractivity contribution in [2.75, 3.05) is 0 Å². The second-order valence-electron chi connectivity index (χ2n) is 2.01. The van der Waals surface area contributed by atoms with E-state index in [1.54, 1.807) is 0 Å². The molecule has 0 aliphatic heterocycles. The van der Waals surface area contributed by atoms with Gasteiger partial charge in [-0.1, -0.05) is 23.2 Å². The van der Waals surface area contributed by atoms with Crippen molar-refractivity contribution in [2.45, 2.75) is 0 Å². The van der Waals surface area contributed by atoms with Crippen LogP contribution in [0, 0.1) is 0 Å². The molecule has 0 saturated carbocycles. The van der Waals surface area contributed by atoms with E-state index in [1.165, 1.54) is 12.4 Å². The number of nitrogens with zero attached hydrogens (tertiary/aromatic N) is 4. The predicted molar refractivity (Wildman–Crippen MR) is 45.1 cm³/mol. The second-order valence-corrected chi connectivity index (χ2v) is 2.72. The van der Waals surface area contributed by atoms with Crippen LogP contribution in [-0.4, -0.2) is 19.9 Å². The van der Waals surface area contributed by atoms with Crippen LogP contribution in [0.3, 0.4) is 0 Å². The Labute approximate surface area is 77.6 Å². The Morgan fingerprint density at radius 2 is 1.25 bits per heavy atom. The molecule has 12 heavy (non-hydrogen) atoms. The van der Waals surface area contributed by atoms with E-state index >= 15 is 0 Å². The van der Waals surface area contributed by atoms with Gasteiger partial charge in [-0.2, -0.15) is 0 Å². The Morgan fingerprint density at radius 3 is 1.67 bits per heavy atom. The van der Waals surface area contributed by atoms with Gasteiger partial charge in [0, 0.05) is 12.4 Å². The van der Waals surface area contributed by atoms with Crippen molar-refractivity contribution >= 4 is 34.5 Å². The van der Waals surface area contributed by atoms with E-state index in [-0.39, 0.29) is 10.3 Å². The van der Waals surface area contributed by atoms with Gasteiger partial charge in [-0.05, 0) is 0 Å². The van der Waals surface area contributed by atoms with Gasteiger partial charge in [0.2, 0.25) is 0 Å². The largest absolute Gasteiger partial charge is 0.232 e. The van der Waals surface area contributed by atoms with Crippen molar-refractivity contribution in [2.24, 2.45) is 0 Å². The lowest BCUT2D eigenvalue weighted by Gasteiger charge is -1.95. The lowest BCUT2D eigenvalue weighted by atomic mass is 10.6. The summed E-state index contributed by atoms with van der Waals surface area (Å²) in [7, 11) is 0. The number of halogens is 2. The molecule has 60 valence electrons. The van der Waals surface area contributed by atoms with Crippen molar-refractivity contribution in [1.82, 2.24) is 19.9 Å². The van der Waals surface area contributed by atoms with Gasteiger partial charge < -0.3 is 0 Å². The van der Waals surface area contributed by atoms with E-state index in [9.17, 15) is 0 Å². The first-order chi connectivity index (χ1) is 5.77. The molecule has 0 aromatic carbocycles. The highest BCUT2D eigenvalue weighted by atomic mass is 35.5. The zero-order chi connectivity index (χ0) is 8.55. The van der Waals surface area contributed by atoms with Crippen molar-refractivity contribution in [3.63, 3.8) is 0 Å². The summed E-state index contributed by atoms with van der Waals surface area (Å²) in [6.07, 6.45) is 3.03. The number of hydrogen-bond acceptors (Lipinski definition) is 4. The molecule has 0 N–H and O–H groups in total. The molecule has 2 rings (SSSR count). The Morgan fingerprint density at radius 1 is 0.833 bits per heavy atom. The molecule has 0 aliphatic carbocycles. The van der Waals surface area contributed by atoms with Crippen LogP contribution in [0.25, 0.3) is 11.3 Å². The summed E-state index contributed by atoms with van der Waals surface area (Å²) < 4.78 is 0. The molecule has 0 fully saturated rings. The van der Waals surface area contributed by atoms with Crippen LogP contribution < -0.4 is 0 Å². The van der Waals surface area contributed by atoms with Crippen LogP contribution >= 0.6 is 23.2 Å². The molecule has 4 nitrogen and oxygen atoms in total. The number of rotatable bonds is 0. The summed E-state index contributed by atoms with van der Waals surface area (Å²) in [4.78, 5) is 15.6.